The number of H-pyrrole nitrogens is 2. The van der Waals surface area contributed by atoms with E-state index in [0.29, 0.717) is 11.8 Å². The van der Waals surface area contributed by atoms with Crippen LogP contribution < -0.4 is 10.6 Å². The van der Waals surface area contributed by atoms with Crippen LogP contribution in [0.3, 0.4) is 0 Å². The Hall–Kier alpha value is -5.66. The molecule has 2 saturated carbocycles. The first kappa shape index (κ1) is 37.9. The molecule has 0 radical (unpaired) electrons. The predicted molar refractivity (Wildman–Crippen MR) is 215 cm³/mol. The van der Waals surface area contributed by atoms with Crippen LogP contribution >= 0.6 is 0 Å². The van der Waals surface area contributed by atoms with E-state index in [4.69, 9.17) is 19.4 Å². The Morgan fingerprint density at radius 1 is 0.707 bits per heavy atom. The average Bonchev–Trinajstić information content (AvgIpc) is 3.84. The van der Waals surface area contributed by atoms with Gasteiger partial charge in [0.25, 0.3) is 0 Å². The van der Waals surface area contributed by atoms with Gasteiger partial charge in [-0.05, 0) is 84.5 Å². The van der Waals surface area contributed by atoms with Gasteiger partial charge in [0.05, 0.1) is 43.9 Å². The van der Waals surface area contributed by atoms with Gasteiger partial charge in [-0.25, -0.2) is 19.6 Å². The third kappa shape index (κ3) is 6.69. The molecule has 4 heterocycles. The zero-order valence-corrected chi connectivity index (χ0v) is 33.9. The first-order chi connectivity index (χ1) is 27.9. The quantitative estimate of drug-likeness (QED) is 0.145. The minimum Gasteiger partial charge on any atom is -0.453 e. The molecule has 0 bridgehead atoms. The number of benzene rings is 2. The molecule has 0 unspecified atom stereocenters. The highest BCUT2D eigenvalue weighted by Gasteiger charge is 2.57. The predicted octanol–water partition coefficient (Wildman–Crippen LogP) is 6.32. The second kappa shape index (κ2) is 14.6. The molecule has 2 aliphatic heterocycles. The van der Waals surface area contributed by atoms with Crippen molar-refractivity contribution in [3.05, 3.63) is 71.6 Å². The fourth-order valence-corrected chi connectivity index (χ4v) is 9.71. The molecule has 58 heavy (non-hydrogen) atoms. The van der Waals surface area contributed by atoms with Crippen molar-refractivity contribution in [3.63, 3.8) is 0 Å². The Kier molecular flexibility index (Phi) is 9.55. The van der Waals surface area contributed by atoms with Gasteiger partial charge in [0.1, 0.15) is 23.7 Å². The maximum atomic E-state index is 13.9. The molecule has 8 atom stereocenters. The maximum Gasteiger partial charge on any atom is 0.407 e. The van der Waals surface area contributed by atoms with Gasteiger partial charge in [0.2, 0.25) is 11.8 Å². The van der Waals surface area contributed by atoms with Crippen LogP contribution in [0, 0.1) is 23.7 Å². The molecular weight excluding hydrogens is 737 g/mol. The molecule has 0 spiro atoms. The number of rotatable bonds is 10. The lowest BCUT2D eigenvalue weighted by molar-refractivity contribution is -0.137. The number of piperidine rings is 2. The molecule has 304 valence electrons. The molecule has 14 nitrogen and oxygen atoms in total. The third-order valence-electron chi connectivity index (χ3n) is 13.1. The number of aryl methyl sites for hydroxylation is 2. The fourth-order valence-electron chi connectivity index (χ4n) is 9.71. The molecule has 2 aromatic carbocycles. The number of likely N-dealkylation sites (tertiary alicyclic amines) is 2. The van der Waals surface area contributed by atoms with Crippen molar-refractivity contribution in [2.45, 2.75) is 102 Å². The number of carbonyl (C=O) groups excluding carboxylic acids is 4. The van der Waals surface area contributed by atoms with E-state index in [2.05, 4.69) is 63.1 Å². The van der Waals surface area contributed by atoms with E-state index < -0.39 is 24.3 Å². The Balaban J connectivity index is 0.901. The van der Waals surface area contributed by atoms with Gasteiger partial charge in [-0.15, -0.1) is 0 Å². The SMILES string of the molecule is COC(=O)N[C@H](C(=O)N1[C@@H]2C[C@@H]2C[C@H]1c1ncc(-c2ccc(-c3ccc4c(c3)CCc3[nH]c([C@@H]5C[C@H]6C[C@H]6N5C(=O)[C@@H](NC(=O)OC)C(C)C)nc3-4)cc2)[nH]1)C(C)C. The third-order valence-corrected chi connectivity index (χ3v) is 13.1. The second-order valence-corrected chi connectivity index (χ2v) is 17.4. The highest BCUT2D eigenvalue weighted by atomic mass is 16.5. The summed E-state index contributed by atoms with van der Waals surface area (Å²) in [6, 6.07) is 13.7. The summed E-state index contributed by atoms with van der Waals surface area (Å²) < 4.78 is 9.63. The molecule has 4 aromatic rings. The van der Waals surface area contributed by atoms with Crippen LogP contribution in [0.25, 0.3) is 33.6 Å². The Labute approximate surface area is 337 Å². The van der Waals surface area contributed by atoms with Crippen molar-refractivity contribution in [3.8, 4) is 33.6 Å². The summed E-state index contributed by atoms with van der Waals surface area (Å²) in [4.78, 5) is 72.9. The van der Waals surface area contributed by atoms with E-state index in [-0.39, 0.29) is 47.8 Å². The second-order valence-electron chi connectivity index (χ2n) is 17.4. The highest BCUT2D eigenvalue weighted by Crippen LogP contribution is 2.55. The van der Waals surface area contributed by atoms with Crippen molar-refractivity contribution in [1.82, 2.24) is 40.4 Å². The highest BCUT2D eigenvalue weighted by molar-refractivity contribution is 5.88. The summed E-state index contributed by atoms with van der Waals surface area (Å²) in [5, 5.41) is 5.51. The van der Waals surface area contributed by atoms with Gasteiger partial charge in [-0.3, -0.25) is 9.59 Å². The standard InChI is InChI=1S/C44H52N8O6/c1-21(2)36(49-43(55)57-5)41(53)51-32-16-27(32)18-34(51)39-45-20-31(47-39)24-9-7-23(8-10-24)25-11-13-29-26(15-25)12-14-30-38(29)48-40(46-30)35-19-28-17-33(28)52(35)42(54)37(22(3)4)50-44(56)58-6/h7-11,13,15,20-22,27-28,32-37H,12,14,16-19H2,1-6H3,(H,45,47)(H,46,48)(H,49,55)(H,50,56)/t27-,28-,32-,33-,34+,35+,36+,37+/m1/s1. The summed E-state index contributed by atoms with van der Waals surface area (Å²) in [6.07, 6.45) is 6.01. The number of ether oxygens (including phenoxy) is 2. The molecule has 2 saturated heterocycles. The number of hydrogen-bond acceptors (Lipinski definition) is 8. The van der Waals surface area contributed by atoms with Crippen molar-refractivity contribution in [1.29, 1.82) is 0 Å². The summed E-state index contributed by atoms with van der Waals surface area (Å²) in [6.45, 7) is 7.72. The van der Waals surface area contributed by atoms with E-state index in [1.807, 2.05) is 43.7 Å². The molecule has 4 N–H and O–H groups in total. The van der Waals surface area contributed by atoms with E-state index >= 15 is 0 Å². The number of nitrogens with one attached hydrogen (secondary N) is 4. The first-order valence-corrected chi connectivity index (χ1v) is 20.6. The maximum absolute atomic E-state index is 13.9. The number of alkyl carbamates (subject to hydrolysis) is 2. The monoisotopic (exact) mass is 788 g/mol. The number of amides is 4. The van der Waals surface area contributed by atoms with Crippen LogP contribution in [-0.2, 0) is 31.9 Å². The minimum atomic E-state index is -0.675. The van der Waals surface area contributed by atoms with Crippen LogP contribution in [0.2, 0.25) is 0 Å². The zero-order valence-electron chi connectivity index (χ0n) is 33.9. The molecule has 3 aliphatic carbocycles. The van der Waals surface area contributed by atoms with Gasteiger partial charge in [-0.1, -0.05) is 70.2 Å². The van der Waals surface area contributed by atoms with Crippen molar-refractivity contribution in [2.24, 2.45) is 23.7 Å². The van der Waals surface area contributed by atoms with Gasteiger partial charge >= 0.3 is 12.2 Å². The van der Waals surface area contributed by atoms with E-state index in [9.17, 15) is 19.2 Å². The number of hydrogen-bond donors (Lipinski definition) is 4. The molecule has 14 heteroatoms. The van der Waals surface area contributed by atoms with Crippen LogP contribution in [0.5, 0.6) is 0 Å². The van der Waals surface area contributed by atoms with Gasteiger partial charge in [-0.2, -0.15) is 0 Å². The molecule has 9 rings (SSSR count). The lowest BCUT2D eigenvalue weighted by atomic mass is 9.89. The number of aromatic nitrogens is 4. The number of fused-ring (bicyclic) bond motifs is 5. The summed E-state index contributed by atoms with van der Waals surface area (Å²) in [5.41, 5.74) is 8.51. The number of imidazole rings is 2. The van der Waals surface area contributed by atoms with E-state index in [0.717, 1.165) is 89.5 Å². The van der Waals surface area contributed by atoms with Crippen LogP contribution in [0.15, 0.2) is 48.7 Å². The molecule has 2 aromatic heterocycles. The van der Waals surface area contributed by atoms with Gasteiger partial charge in [0, 0.05) is 23.3 Å². The number of carbonyl (C=O) groups is 4. The summed E-state index contributed by atoms with van der Waals surface area (Å²) in [5.74, 6) is 2.12. The van der Waals surface area contributed by atoms with Crippen molar-refractivity contribution in [2.75, 3.05) is 14.2 Å². The number of nitrogens with zero attached hydrogens (tertiary/aromatic N) is 4. The topological polar surface area (TPSA) is 175 Å². The number of aromatic amines is 2. The normalized spacial score (nSPS) is 24.7. The minimum absolute atomic E-state index is 0.0799. The lowest BCUT2D eigenvalue weighted by Crippen LogP contribution is -2.52. The molecular formula is C44H52N8O6. The number of methoxy groups -OCH3 is 2. The molecule has 5 aliphatic rings. The van der Waals surface area contributed by atoms with Crippen LogP contribution in [0.4, 0.5) is 9.59 Å². The Morgan fingerprint density at radius 2 is 1.26 bits per heavy atom. The van der Waals surface area contributed by atoms with Crippen molar-refractivity contribution < 1.29 is 28.7 Å². The largest absolute Gasteiger partial charge is 0.453 e. The van der Waals surface area contributed by atoms with E-state index in [1.54, 1.807) is 0 Å². The Morgan fingerprint density at radius 3 is 1.83 bits per heavy atom. The fraction of sp³-hybridized carbons (Fsp3) is 0.500. The average molecular weight is 789 g/mol. The smallest absolute Gasteiger partial charge is 0.407 e. The summed E-state index contributed by atoms with van der Waals surface area (Å²) >= 11 is 0. The molecule has 4 fully saturated rings. The van der Waals surface area contributed by atoms with Crippen molar-refractivity contribution >= 4 is 24.0 Å². The Bertz CT molecular complexity index is 2260. The lowest BCUT2D eigenvalue weighted by Gasteiger charge is -2.31. The summed E-state index contributed by atoms with van der Waals surface area (Å²) in [7, 11) is 2.62. The van der Waals surface area contributed by atoms with Crippen LogP contribution in [0.1, 0.15) is 88.4 Å². The van der Waals surface area contributed by atoms with Gasteiger partial charge < -0.3 is 39.9 Å². The van der Waals surface area contributed by atoms with Crippen LogP contribution in [-0.4, -0.2) is 92.1 Å². The van der Waals surface area contributed by atoms with E-state index in [1.165, 1.54) is 19.8 Å². The zero-order chi connectivity index (χ0) is 40.6. The first-order valence-electron chi connectivity index (χ1n) is 20.6. The van der Waals surface area contributed by atoms with Gasteiger partial charge in [0.15, 0.2) is 0 Å². The molecule has 4 amide bonds.